The molecule has 11 heteroatoms. The van der Waals surface area contributed by atoms with Crippen LogP contribution in [0.15, 0.2) is 43.8 Å². The Morgan fingerprint density at radius 2 is 1.91 bits per heavy atom. The van der Waals surface area contributed by atoms with Gasteiger partial charge in [0.25, 0.3) is 10.0 Å². The van der Waals surface area contributed by atoms with Gasteiger partial charge in [-0.3, -0.25) is 9.36 Å². The summed E-state index contributed by atoms with van der Waals surface area (Å²) in [6.07, 6.45) is 2.88. The van der Waals surface area contributed by atoms with Crippen molar-refractivity contribution in [2.45, 2.75) is 36.4 Å². The number of hydrogen-bond acceptors (Lipinski definition) is 7. The van der Waals surface area contributed by atoms with Gasteiger partial charge in [-0.2, -0.15) is 4.31 Å². The van der Waals surface area contributed by atoms with E-state index in [4.69, 9.17) is 4.42 Å². The molecule has 1 amide bonds. The highest BCUT2D eigenvalue weighted by molar-refractivity contribution is 7.91. The maximum absolute atomic E-state index is 12.8. The molecule has 2 aromatic heterocycles. The van der Waals surface area contributed by atoms with Crippen molar-refractivity contribution in [2.75, 3.05) is 39.0 Å². The second-order valence-corrected chi connectivity index (χ2v) is 11.7. The van der Waals surface area contributed by atoms with Crippen molar-refractivity contribution in [3.05, 3.63) is 45.8 Å². The first kappa shape index (κ1) is 23.7. The van der Waals surface area contributed by atoms with E-state index in [1.54, 1.807) is 34.9 Å². The number of nitrogens with zero attached hydrogens (tertiary/aromatic N) is 3. The van der Waals surface area contributed by atoms with E-state index < -0.39 is 15.8 Å². The third kappa shape index (κ3) is 5.37. The number of carbonyl (C=O) groups is 1. The van der Waals surface area contributed by atoms with Gasteiger partial charge in [0.15, 0.2) is 5.58 Å². The monoisotopic (exact) mass is 492 g/mol. The summed E-state index contributed by atoms with van der Waals surface area (Å²) in [7, 11) is 0.346. The lowest BCUT2D eigenvalue weighted by molar-refractivity contribution is -0.115. The molecule has 0 unspecified atom stereocenters. The van der Waals surface area contributed by atoms with Crippen molar-refractivity contribution in [3.63, 3.8) is 0 Å². The summed E-state index contributed by atoms with van der Waals surface area (Å²) in [6.45, 7) is 2.24. The highest BCUT2D eigenvalue weighted by Gasteiger charge is 2.27. The SMILES string of the molecule is CN(C)CCn1c(=O)oc2ccc(NC(=O)Cc3ccc(S(=O)(=O)N4CCCCC4)s3)cc21. The number of piperidine rings is 1. The van der Waals surface area contributed by atoms with Crippen LogP contribution in [0, 0.1) is 0 Å². The molecule has 3 heterocycles. The predicted molar refractivity (Wildman–Crippen MR) is 128 cm³/mol. The van der Waals surface area contributed by atoms with Crippen LogP contribution in [-0.4, -0.2) is 61.8 Å². The fourth-order valence-corrected chi connectivity index (χ4v) is 6.87. The number of likely N-dealkylation sites (N-methyl/N-ethyl adjacent to an activating group) is 1. The molecule has 0 aliphatic carbocycles. The van der Waals surface area contributed by atoms with E-state index in [0.717, 1.165) is 30.6 Å². The number of aromatic nitrogens is 1. The van der Waals surface area contributed by atoms with Gasteiger partial charge in [0, 0.05) is 36.7 Å². The Balaban J connectivity index is 1.45. The number of hydrogen-bond donors (Lipinski definition) is 1. The highest BCUT2D eigenvalue weighted by Crippen LogP contribution is 2.27. The van der Waals surface area contributed by atoms with E-state index in [1.165, 1.54) is 4.31 Å². The lowest BCUT2D eigenvalue weighted by Gasteiger charge is -2.25. The Hall–Kier alpha value is -2.47. The Labute approximate surface area is 196 Å². The average molecular weight is 493 g/mol. The third-order valence-electron chi connectivity index (χ3n) is 5.60. The predicted octanol–water partition coefficient (Wildman–Crippen LogP) is 2.57. The van der Waals surface area contributed by atoms with Gasteiger partial charge in [-0.25, -0.2) is 13.2 Å². The number of fused-ring (bicyclic) bond motifs is 1. The minimum atomic E-state index is -3.50. The number of oxazole rings is 1. The summed E-state index contributed by atoms with van der Waals surface area (Å²) in [6, 6.07) is 8.33. The number of thiophene rings is 1. The van der Waals surface area contributed by atoms with E-state index in [0.29, 0.717) is 47.8 Å². The highest BCUT2D eigenvalue weighted by atomic mass is 32.2. The zero-order chi connectivity index (χ0) is 23.6. The fourth-order valence-electron chi connectivity index (χ4n) is 3.84. The van der Waals surface area contributed by atoms with Gasteiger partial charge in [-0.1, -0.05) is 6.42 Å². The third-order valence-corrected chi connectivity index (χ3v) is 9.05. The second-order valence-electron chi connectivity index (χ2n) is 8.42. The summed E-state index contributed by atoms with van der Waals surface area (Å²) >= 11 is 1.13. The molecule has 0 atom stereocenters. The molecule has 1 N–H and O–H groups in total. The normalized spacial score (nSPS) is 15.4. The first-order valence-corrected chi connectivity index (χ1v) is 13.2. The standard InChI is InChI=1S/C22H28N4O5S2/c1-24(2)12-13-26-18-14-16(6-8-19(18)31-22(26)28)23-20(27)15-17-7-9-21(32-17)33(29,30)25-10-4-3-5-11-25/h6-9,14H,3-5,10-13,15H2,1-2H3,(H,23,27). The van der Waals surface area contributed by atoms with Gasteiger partial charge in [0.05, 0.1) is 11.9 Å². The van der Waals surface area contributed by atoms with Crippen molar-refractivity contribution in [1.82, 2.24) is 13.8 Å². The molecule has 1 fully saturated rings. The molecule has 33 heavy (non-hydrogen) atoms. The van der Waals surface area contributed by atoms with Gasteiger partial charge in [-0.05, 0) is 57.3 Å². The average Bonchev–Trinajstić information content (AvgIpc) is 3.37. The summed E-state index contributed by atoms with van der Waals surface area (Å²) in [5.41, 5.74) is 1.62. The molecule has 4 rings (SSSR count). The summed E-state index contributed by atoms with van der Waals surface area (Å²) in [5, 5.41) is 2.84. The van der Waals surface area contributed by atoms with Crippen LogP contribution in [0.2, 0.25) is 0 Å². The number of rotatable bonds is 8. The van der Waals surface area contributed by atoms with Crippen LogP contribution in [0.5, 0.6) is 0 Å². The van der Waals surface area contributed by atoms with Crippen LogP contribution in [0.4, 0.5) is 5.69 Å². The zero-order valence-electron chi connectivity index (χ0n) is 18.7. The van der Waals surface area contributed by atoms with E-state index in [9.17, 15) is 18.0 Å². The minimum absolute atomic E-state index is 0.0665. The van der Waals surface area contributed by atoms with Gasteiger partial charge < -0.3 is 14.6 Å². The number of anilines is 1. The summed E-state index contributed by atoms with van der Waals surface area (Å²) < 4.78 is 34.3. The Morgan fingerprint density at radius 1 is 1.15 bits per heavy atom. The molecule has 1 saturated heterocycles. The van der Waals surface area contributed by atoms with Crippen LogP contribution in [0.25, 0.3) is 11.1 Å². The molecule has 0 radical (unpaired) electrons. The number of benzene rings is 1. The van der Waals surface area contributed by atoms with Crippen molar-refractivity contribution < 1.29 is 17.6 Å². The molecule has 0 saturated carbocycles. The van der Waals surface area contributed by atoms with Crippen LogP contribution in [0.3, 0.4) is 0 Å². The van der Waals surface area contributed by atoms with Gasteiger partial charge in [0.2, 0.25) is 5.91 Å². The molecule has 3 aromatic rings. The summed E-state index contributed by atoms with van der Waals surface area (Å²) in [5.74, 6) is -0.694. The number of amides is 1. The van der Waals surface area contributed by atoms with Crippen molar-refractivity contribution in [1.29, 1.82) is 0 Å². The molecule has 1 aliphatic rings. The first-order valence-electron chi connectivity index (χ1n) is 10.9. The van der Waals surface area contributed by atoms with Crippen molar-refractivity contribution in [3.8, 4) is 0 Å². The quantitative estimate of drug-likeness (QED) is 0.518. The maximum atomic E-state index is 12.8. The minimum Gasteiger partial charge on any atom is -0.408 e. The van der Waals surface area contributed by atoms with Crippen molar-refractivity contribution in [2.24, 2.45) is 0 Å². The van der Waals surface area contributed by atoms with Gasteiger partial charge >= 0.3 is 5.76 Å². The molecule has 9 nitrogen and oxygen atoms in total. The van der Waals surface area contributed by atoms with E-state index in [-0.39, 0.29) is 16.5 Å². The maximum Gasteiger partial charge on any atom is 0.419 e. The lowest BCUT2D eigenvalue weighted by Crippen LogP contribution is -2.35. The van der Waals surface area contributed by atoms with Gasteiger partial charge in [0.1, 0.15) is 4.21 Å². The zero-order valence-corrected chi connectivity index (χ0v) is 20.4. The molecule has 0 spiro atoms. The van der Waals surface area contributed by atoms with E-state index in [1.807, 2.05) is 19.0 Å². The van der Waals surface area contributed by atoms with Crippen LogP contribution < -0.4 is 11.1 Å². The molecule has 1 aromatic carbocycles. The smallest absolute Gasteiger partial charge is 0.408 e. The molecular weight excluding hydrogens is 464 g/mol. The summed E-state index contributed by atoms with van der Waals surface area (Å²) in [4.78, 5) is 27.4. The largest absolute Gasteiger partial charge is 0.419 e. The second kappa shape index (κ2) is 9.80. The van der Waals surface area contributed by atoms with Crippen LogP contribution in [0.1, 0.15) is 24.1 Å². The van der Waals surface area contributed by atoms with E-state index >= 15 is 0 Å². The van der Waals surface area contributed by atoms with Crippen LogP contribution in [-0.2, 0) is 27.8 Å². The Morgan fingerprint density at radius 3 is 2.64 bits per heavy atom. The fraction of sp³-hybridized carbons (Fsp3) is 0.455. The number of sulfonamides is 1. The molecule has 0 bridgehead atoms. The number of nitrogens with one attached hydrogen (secondary N) is 1. The number of carbonyl (C=O) groups excluding carboxylic acids is 1. The van der Waals surface area contributed by atoms with Crippen LogP contribution >= 0.6 is 11.3 Å². The molecule has 178 valence electrons. The topological polar surface area (TPSA) is 105 Å². The molecule has 1 aliphatic heterocycles. The Bertz CT molecular complexity index is 1300. The van der Waals surface area contributed by atoms with Crippen molar-refractivity contribution >= 4 is 44.1 Å². The van der Waals surface area contributed by atoms with Gasteiger partial charge in [-0.15, -0.1) is 11.3 Å². The molecular formula is C22H28N4O5S2. The first-order chi connectivity index (χ1) is 15.7. The van der Waals surface area contributed by atoms with E-state index in [2.05, 4.69) is 5.32 Å². The Kier molecular flexibility index (Phi) is 7.03. The lowest BCUT2D eigenvalue weighted by atomic mass is 10.2.